The van der Waals surface area contributed by atoms with E-state index in [1.807, 2.05) is 36.4 Å². The van der Waals surface area contributed by atoms with Gasteiger partial charge in [-0.1, -0.05) is 30.3 Å². The minimum absolute atomic E-state index is 0.134. The Morgan fingerprint density at radius 1 is 1.12 bits per heavy atom. The predicted octanol–water partition coefficient (Wildman–Crippen LogP) is 2.69. The number of fused-ring (bicyclic) bond motifs is 1. The van der Waals surface area contributed by atoms with Gasteiger partial charge in [0.25, 0.3) is 0 Å². The lowest BCUT2D eigenvalue weighted by molar-refractivity contribution is -0.115. The van der Waals surface area contributed by atoms with Gasteiger partial charge in [-0.2, -0.15) is 0 Å². The molecule has 1 aliphatic heterocycles. The van der Waals surface area contributed by atoms with Gasteiger partial charge in [0, 0.05) is 37.9 Å². The molecule has 0 aliphatic carbocycles. The summed E-state index contributed by atoms with van der Waals surface area (Å²) in [5, 5.41) is 7.09. The molecule has 1 fully saturated rings. The van der Waals surface area contributed by atoms with Gasteiger partial charge in [-0.05, 0) is 17.7 Å². The van der Waals surface area contributed by atoms with Gasteiger partial charge in [0.1, 0.15) is 17.4 Å². The third-order valence-electron chi connectivity index (χ3n) is 5.68. The van der Waals surface area contributed by atoms with E-state index in [4.69, 9.17) is 14.7 Å². The number of amides is 1. The molecule has 2 N–H and O–H groups in total. The lowest BCUT2D eigenvalue weighted by Gasteiger charge is -2.29. The van der Waals surface area contributed by atoms with Gasteiger partial charge in [-0.25, -0.2) is 15.0 Å². The minimum Gasteiger partial charge on any atom is -0.494 e. The number of hydrogen-bond donors (Lipinski definition) is 2. The number of rotatable bonds is 6. The first-order chi connectivity index (χ1) is 16.7. The predicted molar refractivity (Wildman–Crippen MR) is 131 cm³/mol. The summed E-state index contributed by atoms with van der Waals surface area (Å²) >= 11 is 0. The van der Waals surface area contributed by atoms with Crippen molar-refractivity contribution in [2.24, 2.45) is 0 Å². The standard InChI is InChI=1S/C25H25N7O2/c1-34-20-16-27-15-19-23(20)25(32-11-9-26-10-12-32)31-24(29-19)18-7-8-28-21(14-18)30-22(33)13-17-5-3-2-4-6-17/h2-8,14-16,26H,9-13H2,1H3,(H,28,30,33). The second-order valence-corrected chi connectivity index (χ2v) is 7.98. The minimum atomic E-state index is -0.134. The van der Waals surface area contributed by atoms with Crippen LogP contribution in [0.15, 0.2) is 61.1 Å². The molecular weight excluding hydrogens is 430 g/mol. The zero-order valence-corrected chi connectivity index (χ0v) is 18.9. The number of carbonyl (C=O) groups is 1. The van der Waals surface area contributed by atoms with Gasteiger partial charge in [0.05, 0.1) is 36.8 Å². The molecule has 172 valence electrons. The van der Waals surface area contributed by atoms with Crippen LogP contribution in [0.3, 0.4) is 0 Å². The van der Waals surface area contributed by atoms with Crippen molar-refractivity contribution in [3.05, 3.63) is 66.6 Å². The van der Waals surface area contributed by atoms with Gasteiger partial charge in [-0.3, -0.25) is 9.78 Å². The molecule has 1 amide bonds. The maximum atomic E-state index is 12.5. The molecule has 0 radical (unpaired) electrons. The van der Waals surface area contributed by atoms with Crippen molar-refractivity contribution in [1.29, 1.82) is 0 Å². The number of anilines is 2. The van der Waals surface area contributed by atoms with Crippen LogP contribution in [0.25, 0.3) is 22.3 Å². The molecule has 4 aromatic rings. The molecule has 34 heavy (non-hydrogen) atoms. The van der Waals surface area contributed by atoms with E-state index in [0.717, 1.165) is 48.5 Å². The Labute approximate surface area is 197 Å². The monoisotopic (exact) mass is 455 g/mol. The largest absolute Gasteiger partial charge is 0.494 e. The van der Waals surface area contributed by atoms with Crippen molar-refractivity contribution >= 4 is 28.4 Å². The average Bonchev–Trinajstić information content (AvgIpc) is 2.89. The third kappa shape index (κ3) is 4.65. The first-order valence-electron chi connectivity index (χ1n) is 11.2. The third-order valence-corrected chi connectivity index (χ3v) is 5.68. The number of nitrogens with one attached hydrogen (secondary N) is 2. The molecule has 1 saturated heterocycles. The molecule has 0 atom stereocenters. The highest BCUT2D eigenvalue weighted by molar-refractivity contribution is 5.96. The van der Waals surface area contributed by atoms with Crippen molar-refractivity contribution in [1.82, 2.24) is 25.3 Å². The molecule has 0 saturated carbocycles. The van der Waals surface area contributed by atoms with E-state index in [0.29, 0.717) is 22.9 Å². The lowest BCUT2D eigenvalue weighted by Crippen LogP contribution is -2.44. The van der Waals surface area contributed by atoms with Crippen molar-refractivity contribution in [3.63, 3.8) is 0 Å². The van der Waals surface area contributed by atoms with Crippen LogP contribution in [0.4, 0.5) is 11.6 Å². The zero-order valence-electron chi connectivity index (χ0n) is 18.9. The summed E-state index contributed by atoms with van der Waals surface area (Å²) in [6.45, 7) is 3.41. The highest BCUT2D eigenvalue weighted by atomic mass is 16.5. The molecule has 4 heterocycles. The number of piperazine rings is 1. The van der Waals surface area contributed by atoms with Gasteiger partial charge >= 0.3 is 0 Å². The van der Waals surface area contributed by atoms with E-state index in [1.54, 1.807) is 31.8 Å². The summed E-state index contributed by atoms with van der Waals surface area (Å²) in [6, 6.07) is 13.2. The smallest absolute Gasteiger partial charge is 0.229 e. The summed E-state index contributed by atoms with van der Waals surface area (Å²) in [6.07, 6.45) is 5.33. The van der Waals surface area contributed by atoms with Crippen molar-refractivity contribution in [3.8, 4) is 17.1 Å². The van der Waals surface area contributed by atoms with Crippen molar-refractivity contribution in [2.75, 3.05) is 43.5 Å². The molecule has 9 heteroatoms. The fraction of sp³-hybridized carbons (Fsp3) is 0.240. The van der Waals surface area contributed by atoms with Gasteiger partial charge < -0.3 is 20.3 Å². The second kappa shape index (κ2) is 9.80. The number of nitrogens with zero attached hydrogens (tertiary/aromatic N) is 5. The molecule has 0 unspecified atom stereocenters. The Bertz CT molecular complexity index is 1310. The zero-order chi connectivity index (χ0) is 23.3. The summed E-state index contributed by atoms with van der Waals surface area (Å²) in [5.74, 6) is 2.31. The fourth-order valence-corrected chi connectivity index (χ4v) is 4.03. The number of hydrogen-bond acceptors (Lipinski definition) is 8. The van der Waals surface area contributed by atoms with Crippen LogP contribution in [0.2, 0.25) is 0 Å². The Morgan fingerprint density at radius 3 is 2.74 bits per heavy atom. The molecule has 0 bridgehead atoms. The van der Waals surface area contributed by atoms with E-state index in [1.165, 1.54) is 0 Å². The number of carbonyl (C=O) groups excluding carboxylic acids is 1. The van der Waals surface area contributed by atoms with E-state index in [9.17, 15) is 4.79 Å². The van der Waals surface area contributed by atoms with E-state index < -0.39 is 0 Å². The Balaban J connectivity index is 1.48. The van der Waals surface area contributed by atoms with Crippen LogP contribution >= 0.6 is 0 Å². The molecule has 1 aromatic carbocycles. The van der Waals surface area contributed by atoms with Crippen molar-refractivity contribution < 1.29 is 9.53 Å². The van der Waals surface area contributed by atoms with Crippen LogP contribution in [0.5, 0.6) is 5.75 Å². The van der Waals surface area contributed by atoms with Crippen LogP contribution < -0.4 is 20.3 Å². The molecule has 0 spiro atoms. The van der Waals surface area contributed by atoms with Gasteiger partial charge in [-0.15, -0.1) is 0 Å². The summed E-state index contributed by atoms with van der Waals surface area (Å²) in [7, 11) is 1.62. The number of aromatic nitrogens is 4. The quantitative estimate of drug-likeness (QED) is 0.457. The Hall–Kier alpha value is -4.11. The average molecular weight is 456 g/mol. The normalized spacial score (nSPS) is 13.6. The summed E-state index contributed by atoms with van der Waals surface area (Å²) < 4.78 is 5.57. The second-order valence-electron chi connectivity index (χ2n) is 7.98. The Kier molecular flexibility index (Phi) is 6.26. The number of ether oxygens (including phenoxy) is 1. The number of benzene rings is 1. The Morgan fingerprint density at radius 2 is 1.94 bits per heavy atom. The summed E-state index contributed by atoms with van der Waals surface area (Å²) in [4.78, 5) is 33.0. The summed E-state index contributed by atoms with van der Waals surface area (Å²) in [5.41, 5.74) is 2.40. The maximum absolute atomic E-state index is 12.5. The topological polar surface area (TPSA) is 105 Å². The lowest BCUT2D eigenvalue weighted by atomic mass is 10.1. The molecule has 5 rings (SSSR count). The van der Waals surface area contributed by atoms with E-state index in [-0.39, 0.29) is 12.3 Å². The fourth-order valence-electron chi connectivity index (χ4n) is 4.03. The van der Waals surface area contributed by atoms with Crippen molar-refractivity contribution in [2.45, 2.75) is 6.42 Å². The SMILES string of the molecule is COc1cncc2nc(-c3ccnc(NC(=O)Cc4ccccc4)c3)nc(N3CCNCC3)c12. The molecular formula is C25H25N7O2. The molecule has 3 aromatic heterocycles. The van der Waals surface area contributed by atoms with Crippen LogP contribution in [0.1, 0.15) is 5.56 Å². The molecule has 1 aliphatic rings. The van der Waals surface area contributed by atoms with Gasteiger partial charge in [0.2, 0.25) is 5.91 Å². The van der Waals surface area contributed by atoms with Gasteiger partial charge in [0.15, 0.2) is 5.82 Å². The number of pyridine rings is 2. The van der Waals surface area contributed by atoms with Crippen LogP contribution in [0, 0.1) is 0 Å². The molecule has 9 nitrogen and oxygen atoms in total. The van der Waals surface area contributed by atoms with E-state index in [2.05, 4.69) is 25.5 Å². The highest BCUT2D eigenvalue weighted by Gasteiger charge is 2.21. The number of methoxy groups -OCH3 is 1. The first kappa shape index (κ1) is 21.7. The van der Waals surface area contributed by atoms with E-state index >= 15 is 0 Å². The highest BCUT2D eigenvalue weighted by Crippen LogP contribution is 2.34. The first-order valence-corrected chi connectivity index (χ1v) is 11.2. The van der Waals surface area contributed by atoms with Crippen LogP contribution in [-0.2, 0) is 11.2 Å². The maximum Gasteiger partial charge on any atom is 0.229 e. The van der Waals surface area contributed by atoms with Crippen LogP contribution in [-0.4, -0.2) is 59.1 Å².